The molecular formula is C17H22N4. The second-order valence-corrected chi connectivity index (χ2v) is 5.45. The molecule has 0 saturated carbocycles. The highest BCUT2D eigenvalue weighted by Gasteiger charge is 2.08. The lowest BCUT2D eigenvalue weighted by atomic mass is 10.1. The van der Waals surface area contributed by atoms with Crippen molar-refractivity contribution < 1.29 is 0 Å². The zero-order valence-corrected chi connectivity index (χ0v) is 12.5. The summed E-state index contributed by atoms with van der Waals surface area (Å²) in [5.41, 5.74) is 9.63. The van der Waals surface area contributed by atoms with E-state index in [0.29, 0.717) is 0 Å². The summed E-state index contributed by atoms with van der Waals surface area (Å²) >= 11 is 0. The molecule has 3 aromatic rings. The lowest BCUT2D eigenvalue weighted by Crippen LogP contribution is -2.04. The van der Waals surface area contributed by atoms with Crippen LogP contribution in [0.25, 0.3) is 10.9 Å². The van der Waals surface area contributed by atoms with E-state index in [9.17, 15) is 0 Å². The molecule has 0 fully saturated rings. The van der Waals surface area contributed by atoms with E-state index in [1.807, 2.05) is 17.9 Å². The Bertz CT molecular complexity index is 723. The maximum absolute atomic E-state index is 5.65. The third-order valence-corrected chi connectivity index (χ3v) is 4.05. The van der Waals surface area contributed by atoms with Crippen LogP contribution < -0.4 is 5.73 Å². The van der Waals surface area contributed by atoms with Crippen molar-refractivity contribution in [3.63, 3.8) is 0 Å². The first-order valence-electron chi connectivity index (χ1n) is 7.53. The normalized spacial score (nSPS) is 11.3. The maximum Gasteiger partial charge on any atom is 0.0492 e. The monoisotopic (exact) mass is 282 g/mol. The SMILES string of the molecule is Cn1nccc1CCn1cc(CCCN)c2ccccc21. The molecular weight excluding hydrogens is 260 g/mol. The van der Waals surface area contributed by atoms with E-state index in [0.717, 1.165) is 32.4 Å². The second kappa shape index (κ2) is 6.14. The molecule has 4 heteroatoms. The third kappa shape index (κ3) is 2.85. The van der Waals surface area contributed by atoms with E-state index < -0.39 is 0 Å². The fraction of sp³-hybridized carbons (Fsp3) is 0.353. The van der Waals surface area contributed by atoms with Crippen molar-refractivity contribution in [1.82, 2.24) is 14.3 Å². The number of aryl methyl sites for hydroxylation is 4. The number of aromatic nitrogens is 3. The number of hydrogen-bond donors (Lipinski definition) is 1. The quantitative estimate of drug-likeness (QED) is 0.755. The fourth-order valence-corrected chi connectivity index (χ4v) is 2.88. The van der Waals surface area contributed by atoms with E-state index >= 15 is 0 Å². The van der Waals surface area contributed by atoms with Crippen molar-refractivity contribution >= 4 is 10.9 Å². The van der Waals surface area contributed by atoms with Crippen LogP contribution in [-0.4, -0.2) is 20.9 Å². The van der Waals surface area contributed by atoms with Crippen LogP contribution in [0.1, 0.15) is 17.7 Å². The first kappa shape index (κ1) is 13.9. The van der Waals surface area contributed by atoms with Gasteiger partial charge in [0, 0.05) is 49.0 Å². The van der Waals surface area contributed by atoms with Gasteiger partial charge in [-0.15, -0.1) is 0 Å². The van der Waals surface area contributed by atoms with Crippen molar-refractivity contribution in [3.05, 3.63) is 54.0 Å². The van der Waals surface area contributed by atoms with Gasteiger partial charge < -0.3 is 10.3 Å². The van der Waals surface area contributed by atoms with Crippen molar-refractivity contribution in [2.75, 3.05) is 6.54 Å². The topological polar surface area (TPSA) is 48.8 Å². The average molecular weight is 282 g/mol. The lowest BCUT2D eigenvalue weighted by Gasteiger charge is -2.05. The van der Waals surface area contributed by atoms with Crippen molar-refractivity contribution in [2.24, 2.45) is 12.8 Å². The number of hydrogen-bond acceptors (Lipinski definition) is 2. The Kier molecular flexibility index (Phi) is 4.06. The first-order chi connectivity index (χ1) is 10.3. The molecule has 2 N–H and O–H groups in total. The van der Waals surface area contributed by atoms with Gasteiger partial charge in [0.05, 0.1) is 0 Å². The Morgan fingerprint density at radius 1 is 1.14 bits per heavy atom. The highest BCUT2D eigenvalue weighted by atomic mass is 15.3. The van der Waals surface area contributed by atoms with Gasteiger partial charge in [0.1, 0.15) is 0 Å². The first-order valence-corrected chi connectivity index (χ1v) is 7.53. The minimum atomic E-state index is 0.745. The number of benzene rings is 1. The van der Waals surface area contributed by atoms with Crippen molar-refractivity contribution in [3.8, 4) is 0 Å². The zero-order chi connectivity index (χ0) is 14.7. The minimum absolute atomic E-state index is 0.745. The molecule has 0 radical (unpaired) electrons. The second-order valence-electron chi connectivity index (χ2n) is 5.45. The summed E-state index contributed by atoms with van der Waals surface area (Å²) in [4.78, 5) is 0. The molecule has 2 aromatic heterocycles. The third-order valence-electron chi connectivity index (χ3n) is 4.05. The van der Waals surface area contributed by atoms with Crippen LogP contribution in [0.5, 0.6) is 0 Å². The van der Waals surface area contributed by atoms with Gasteiger partial charge in [0.2, 0.25) is 0 Å². The van der Waals surface area contributed by atoms with E-state index in [4.69, 9.17) is 5.73 Å². The summed E-state index contributed by atoms with van der Waals surface area (Å²) < 4.78 is 4.30. The molecule has 21 heavy (non-hydrogen) atoms. The fourth-order valence-electron chi connectivity index (χ4n) is 2.88. The molecule has 0 spiro atoms. The highest BCUT2D eigenvalue weighted by Crippen LogP contribution is 2.22. The summed E-state index contributed by atoms with van der Waals surface area (Å²) in [6.45, 7) is 1.72. The Balaban J connectivity index is 1.86. The van der Waals surface area contributed by atoms with Gasteiger partial charge >= 0.3 is 0 Å². The van der Waals surface area contributed by atoms with Crippen LogP contribution in [0.15, 0.2) is 42.7 Å². The number of fused-ring (bicyclic) bond motifs is 1. The lowest BCUT2D eigenvalue weighted by molar-refractivity contribution is 0.647. The summed E-state index contributed by atoms with van der Waals surface area (Å²) in [7, 11) is 2.00. The maximum atomic E-state index is 5.65. The summed E-state index contributed by atoms with van der Waals surface area (Å²) in [6, 6.07) is 10.7. The van der Waals surface area contributed by atoms with E-state index in [2.05, 4.69) is 46.2 Å². The van der Waals surface area contributed by atoms with Crippen LogP contribution in [0, 0.1) is 0 Å². The number of nitrogens with two attached hydrogens (primary N) is 1. The highest BCUT2D eigenvalue weighted by molar-refractivity contribution is 5.84. The van der Waals surface area contributed by atoms with Gasteiger partial charge in [-0.2, -0.15) is 5.10 Å². The molecule has 0 saturated heterocycles. The number of nitrogens with zero attached hydrogens (tertiary/aromatic N) is 3. The molecule has 0 unspecified atom stereocenters. The van der Waals surface area contributed by atoms with E-state index in [1.165, 1.54) is 22.2 Å². The molecule has 0 aliphatic rings. The Morgan fingerprint density at radius 2 is 2.00 bits per heavy atom. The average Bonchev–Trinajstić information content (AvgIpc) is 3.07. The summed E-state index contributed by atoms with van der Waals surface area (Å²) in [5.74, 6) is 0. The van der Waals surface area contributed by atoms with Gasteiger partial charge in [-0.05, 0) is 37.1 Å². The standard InChI is InChI=1S/C17H22N4/c1-20-15(8-11-19-20)9-12-21-13-14(5-4-10-18)16-6-2-3-7-17(16)21/h2-3,6-8,11,13H,4-5,9-10,12,18H2,1H3. The Hall–Kier alpha value is -2.07. The van der Waals surface area contributed by atoms with Gasteiger partial charge in [-0.3, -0.25) is 4.68 Å². The molecule has 110 valence electrons. The van der Waals surface area contributed by atoms with Gasteiger partial charge in [0.25, 0.3) is 0 Å². The summed E-state index contributed by atoms with van der Waals surface area (Å²) in [6.07, 6.45) is 7.23. The van der Waals surface area contributed by atoms with Crippen LogP contribution in [0.4, 0.5) is 0 Å². The van der Waals surface area contributed by atoms with Gasteiger partial charge in [-0.25, -0.2) is 0 Å². The van der Waals surface area contributed by atoms with Gasteiger partial charge in [0.15, 0.2) is 0 Å². The Morgan fingerprint density at radius 3 is 2.76 bits per heavy atom. The molecule has 0 atom stereocenters. The molecule has 3 rings (SSSR count). The molecule has 0 bridgehead atoms. The van der Waals surface area contributed by atoms with Crippen LogP contribution in [-0.2, 0) is 26.4 Å². The molecule has 0 amide bonds. The number of para-hydroxylation sites is 1. The van der Waals surface area contributed by atoms with Crippen LogP contribution in [0.2, 0.25) is 0 Å². The van der Waals surface area contributed by atoms with Gasteiger partial charge in [-0.1, -0.05) is 18.2 Å². The van der Waals surface area contributed by atoms with Crippen LogP contribution >= 0.6 is 0 Å². The van der Waals surface area contributed by atoms with Crippen molar-refractivity contribution in [1.29, 1.82) is 0 Å². The molecule has 0 aliphatic carbocycles. The number of rotatable bonds is 6. The van der Waals surface area contributed by atoms with E-state index in [1.54, 1.807) is 0 Å². The van der Waals surface area contributed by atoms with Crippen molar-refractivity contribution in [2.45, 2.75) is 25.8 Å². The largest absolute Gasteiger partial charge is 0.347 e. The summed E-state index contributed by atoms with van der Waals surface area (Å²) in [5, 5.41) is 5.59. The molecule has 4 nitrogen and oxygen atoms in total. The Labute approximate surface area is 125 Å². The molecule has 0 aliphatic heterocycles. The zero-order valence-electron chi connectivity index (χ0n) is 12.5. The molecule has 2 heterocycles. The minimum Gasteiger partial charge on any atom is -0.347 e. The predicted molar refractivity (Wildman–Crippen MR) is 86.2 cm³/mol. The molecule has 1 aromatic carbocycles. The smallest absolute Gasteiger partial charge is 0.0492 e. The van der Waals surface area contributed by atoms with E-state index in [-0.39, 0.29) is 0 Å². The van der Waals surface area contributed by atoms with Crippen LogP contribution in [0.3, 0.4) is 0 Å². The predicted octanol–water partition coefficient (Wildman–Crippen LogP) is 2.51.